The van der Waals surface area contributed by atoms with Crippen LogP contribution in [0.15, 0.2) is 47.1 Å². The van der Waals surface area contributed by atoms with E-state index < -0.39 is 6.10 Å². The van der Waals surface area contributed by atoms with Crippen LogP contribution in [-0.2, 0) is 0 Å². The SMILES string of the molecule is Cc1ccccc1C(O)CNC(=O)c1cccc(Br)n1. The molecule has 1 aromatic carbocycles. The van der Waals surface area contributed by atoms with Gasteiger partial charge in [0.25, 0.3) is 5.91 Å². The summed E-state index contributed by atoms with van der Waals surface area (Å²) >= 11 is 3.22. The number of carbonyl (C=O) groups excluding carboxylic acids is 1. The fourth-order valence-corrected chi connectivity index (χ4v) is 2.23. The van der Waals surface area contributed by atoms with Gasteiger partial charge < -0.3 is 10.4 Å². The molecule has 1 heterocycles. The molecule has 0 saturated heterocycles. The average Bonchev–Trinajstić information content (AvgIpc) is 2.45. The van der Waals surface area contributed by atoms with Gasteiger partial charge in [-0.05, 0) is 46.1 Å². The third-order valence-corrected chi connectivity index (χ3v) is 3.39. The maximum absolute atomic E-state index is 11.9. The number of aliphatic hydroxyl groups excluding tert-OH is 1. The van der Waals surface area contributed by atoms with Gasteiger partial charge in [0.2, 0.25) is 0 Å². The highest BCUT2D eigenvalue weighted by Crippen LogP contribution is 2.16. The van der Waals surface area contributed by atoms with Crippen molar-refractivity contribution in [3.05, 3.63) is 63.9 Å². The van der Waals surface area contributed by atoms with Crippen molar-refractivity contribution in [2.45, 2.75) is 13.0 Å². The summed E-state index contributed by atoms with van der Waals surface area (Å²) in [6, 6.07) is 12.7. The lowest BCUT2D eigenvalue weighted by atomic mass is 10.0. The molecule has 0 aliphatic heterocycles. The molecule has 2 aromatic rings. The molecule has 0 fully saturated rings. The largest absolute Gasteiger partial charge is 0.387 e. The van der Waals surface area contributed by atoms with Gasteiger partial charge in [-0.25, -0.2) is 4.98 Å². The lowest BCUT2D eigenvalue weighted by Crippen LogP contribution is -2.29. The highest BCUT2D eigenvalue weighted by molar-refractivity contribution is 9.10. The summed E-state index contributed by atoms with van der Waals surface area (Å²) in [5.74, 6) is -0.307. The predicted molar refractivity (Wildman–Crippen MR) is 80.4 cm³/mol. The number of pyridine rings is 1. The van der Waals surface area contributed by atoms with Crippen molar-refractivity contribution >= 4 is 21.8 Å². The first-order chi connectivity index (χ1) is 9.58. The summed E-state index contributed by atoms with van der Waals surface area (Å²) in [5.41, 5.74) is 2.13. The first-order valence-electron chi connectivity index (χ1n) is 6.22. The summed E-state index contributed by atoms with van der Waals surface area (Å²) in [6.45, 7) is 2.08. The molecule has 1 unspecified atom stereocenters. The molecular formula is C15H15BrN2O2. The van der Waals surface area contributed by atoms with E-state index >= 15 is 0 Å². The zero-order valence-corrected chi connectivity index (χ0v) is 12.6. The number of rotatable bonds is 4. The minimum Gasteiger partial charge on any atom is -0.387 e. The number of nitrogens with zero attached hydrogens (tertiary/aromatic N) is 1. The molecule has 0 saturated carbocycles. The van der Waals surface area contributed by atoms with Gasteiger partial charge in [0.15, 0.2) is 0 Å². The van der Waals surface area contributed by atoms with Crippen LogP contribution < -0.4 is 5.32 Å². The van der Waals surface area contributed by atoms with Gasteiger partial charge in [0.1, 0.15) is 10.3 Å². The fraction of sp³-hybridized carbons (Fsp3) is 0.200. The highest BCUT2D eigenvalue weighted by Gasteiger charge is 2.13. The van der Waals surface area contributed by atoms with E-state index in [1.54, 1.807) is 18.2 Å². The molecule has 2 rings (SSSR count). The number of aromatic nitrogens is 1. The summed E-state index contributed by atoms with van der Waals surface area (Å²) < 4.78 is 0.601. The number of nitrogens with one attached hydrogen (secondary N) is 1. The molecule has 2 N–H and O–H groups in total. The van der Waals surface area contributed by atoms with Gasteiger partial charge in [-0.1, -0.05) is 30.3 Å². The third-order valence-electron chi connectivity index (χ3n) is 2.95. The van der Waals surface area contributed by atoms with Gasteiger partial charge in [0.05, 0.1) is 6.10 Å². The number of benzene rings is 1. The number of halogens is 1. The normalized spacial score (nSPS) is 11.9. The smallest absolute Gasteiger partial charge is 0.270 e. The number of hydrogen-bond acceptors (Lipinski definition) is 3. The van der Waals surface area contributed by atoms with Crippen LogP contribution in [0.1, 0.15) is 27.7 Å². The average molecular weight is 335 g/mol. The van der Waals surface area contributed by atoms with Gasteiger partial charge in [-0.3, -0.25) is 4.79 Å². The van der Waals surface area contributed by atoms with Crippen molar-refractivity contribution in [1.29, 1.82) is 0 Å². The molecule has 1 aromatic heterocycles. The number of aryl methyl sites for hydroxylation is 1. The van der Waals surface area contributed by atoms with Crippen molar-refractivity contribution in [1.82, 2.24) is 10.3 Å². The van der Waals surface area contributed by atoms with Crippen LogP contribution in [-0.4, -0.2) is 22.5 Å². The molecule has 0 spiro atoms. The minimum atomic E-state index is -0.729. The molecule has 0 radical (unpaired) electrons. The maximum Gasteiger partial charge on any atom is 0.270 e. The zero-order chi connectivity index (χ0) is 14.5. The molecule has 0 aliphatic carbocycles. The van der Waals surface area contributed by atoms with Gasteiger partial charge >= 0.3 is 0 Å². The zero-order valence-electron chi connectivity index (χ0n) is 11.0. The van der Waals surface area contributed by atoms with Gasteiger partial charge in [0, 0.05) is 6.54 Å². The Morgan fingerprint density at radius 3 is 2.75 bits per heavy atom. The van der Waals surface area contributed by atoms with Gasteiger partial charge in [-0.2, -0.15) is 0 Å². The van der Waals surface area contributed by atoms with Crippen molar-refractivity contribution in [2.75, 3.05) is 6.54 Å². The standard InChI is InChI=1S/C15H15BrN2O2/c1-10-5-2-3-6-11(10)13(19)9-17-15(20)12-7-4-8-14(16)18-12/h2-8,13,19H,9H2,1H3,(H,17,20). The maximum atomic E-state index is 11.9. The van der Waals surface area contributed by atoms with E-state index in [1.807, 2.05) is 31.2 Å². The van der Waals surface area contributed by atoms with Crippen LogP contribution in [0, 0.1) is 6.92 Å². The number of amides is 1. The molecule has 4 nitrogen and oxygen atoms in total. The van der Waals surface area contributed by atoms with Crippen LogP contribution in [0.5, 0.6) is 0 Å². The van der Waals surface area contributed by atoms with E-state index in [0.717, 1.165) is 11.1 Å². The molecular weight excluding hydrogens is 320 g/mol. The molecule has 1 atom stereocenters. The Morgan fingerprint density at radius 2 is 2.05 bits per heavy atom. The Morgan fingerprint density at radius 1 is 1.30 bits per heavy atom. The second-order valence-corrected chi connectivity index (χ2v) is 5.24. The molecule has 0 bridgehead atoms. The Bertz CT molecular complexity index is 616. The second-order valence-electron chi connectivity index (χ2n) is 4.43. The van der Waals surface area contributed by atoms with E-state index in [-0.39, 0.29) is 12.5 Å². The monoisotopic (exact) mass is 334 g/mol. The topological polar surface area (TPSA) is 62.2 Å². The van der Waals surface area contributed by atoms with Crippen molar-refractivity contribution in [2.24, 2.45) is 0 Å². The van der Waals surface area contributed by atoms with Crippen molar-refractivity contribution in [3.8, 4) is 0 Å². The molecule has 5 heteroatoms. The van der Waals surface area contributed by atoms with E-state index in [4.69, 9.17) is 0 Å². The lowest BCUT2D eigenvalue weighted by molar-refractivity contribution is 0.0911. The molecule has 1 amide bonds. The van der Waals surface area contributed by atoms with E-state index in [9.17, 15) is 9.90 Å². The number of carbonyl (C=O) groups is 1. The Kier molecular flexibility index (Phi) is 4.87. The van der Waals surface area contributed by atoms with Crippen LogP contribution in [0.2, 0.25) is 0 Å². The van der Waals surface area contributed by atoms with Crippen molar-refractivity contribution in [3.63, 3.8) is 0 Å². The molecule has 0 aliphatic rings. The lowest BCUT2D eigenvalue weighted by Gasteiger charge is -2.14. The second kappa shape index (κ2) is 6.63. The van der Waals surface area contributed by atoms with Crippen molar-refractivity contribution < 1.29 is 9.90 Å². The Hall–Kier alpha value is -1.72. The fourth-order valence-electron chi connectivity index (χ4n) is 1.89. The van der Waals surface area contributed by atoms with Crippen LogP contribution in [0.25, 0.3) is 0 Å². The predicted octanol–water partition coefficient (Wildman–Crippen LogP) is 2.62. The highest BCUT2D eigenvalue weighted by atomic mass is 79.9. The summed E-state index contributed by atoms with van der Waals surface area (Å²) in [6.07, 6.45) is -0.729. The number of hydrogen-bond donors (Lipinski definition) is 2. The van der Waals surface area contributed by atoms with E-state index in [2.05, 4.69) is 26.2 Å². The first-order valence-corrected chi connectivity index (χ1v) is 7.01. The van der Waals surface area contributed by atoms with Crippen LogP contribution in [0.3, 0.4) is 0 Å². The van der Waals surface area contributed by atoms with Gasteiger partial charge in [-0.15, -0.1) is 0 Å². The van der Waals surface area contributed by atoms with E-state index in [1.165, 1.54) is 0 Å². The summed E-state index contributed by atoms with van der Waals surface area (Å²) in [7, 11) is 0. The first kappa shape index (κ1) is 14.7. The number of aliphatic hydroxyl groups is 1. The molecule has 104 valence electrons. The molecule has 20 heavy (non-hydrogen) atoms. The minimum absolute atomic E-state index is 0.151. The van der Waals surface area contributed by atoms with Crippen LogP contribution >= 0.6 is 15.9 Å². The third kappa shape index (κ3) is 3.65. The summed E-state index contributed by atoms with van der Waals surface area (Å²) in [5, 5.41) is 12.8. The quantitative estimate of drug-likeness (QED) is 0.845. The van der Waals surface area contributed by atoms with Crippen LogP contribution in [0.4, 0.5) is 0 Å². The Labute approximate surface area is 126 Å². The summed E-state index contributed by atoms with van der Waals surface area (Å²) in [4.78, 5) is 16.0. The Balaban J connectivity index is 1.99. The van der Waals surface area contributed by atoms with E-state index in [0.29, 0.717) is 10.3 Å².